The van der Waals surface area contributed by atoms with Crippen LogP contribution in [0.3, 0.4) is 0 Å². The lowest BCUT2D eigenvalue weighted by Gasteiger charge is -2.28. The van der Waals surface area contributed by atoms with E-state index in [1.807, 2.05) is 20.8 Å². The van der Waals surface area contributed by atoms with Gasteiger partial charge in [-0.25, -0.2) is 9.59 Å². The second-order valence-corrected chi connectivity index (χ2v) is 4.73. The summed E-state index contributed by atoms with van der Waals surface area (Å²) in [5.74, 6) is -1.02. The zero-order chi connectivity index (χ0) is 14.5. The summed E-state index contributed by atoms with van der Waals surface area (Å²) in [6.45, 7) is 5.99. The number of hydrogen-bond acceptors (Lipinski definition) is 2. The molecule has 5 heteroatoms. The summed E-state index contributed by atoms with van der Waals surface area (Å²) in [7, 11) is 0. The Kier molecular flexibility index (Phi) is 4.92. The molecule has 0 fully saturated rings. The molecule has 0 saturated carbocycles. The molecule has 0 aliphatic rings. The van der Waals surface area contributed by atoms with Gasteiger partial charge >= 0.3 is 12.0 Å². The molecule has 0 radical (unpaired) electrons. The van der Waals surface area contributed by atoms with Crippen LogP contribution in [0.25, 0.3) is 0 Å². The summed E-state index contributed by atoms with van der Waals surface area (Å²) >= 11 is 0. The molecule has 0 atom stereocenters. The van der Waals surface area contributed by atoms with Gasteiger partial charge in [-0.15, -0.1) is 0 Å². The van der Waals surface area contributed by atoms with Gasteiger partial charge in [0.25, 0.3) is 0 Å². The number of hydrogen-bond donors (Lipinski definition) is 3. The van der Waals surface area contributed by atoms with Crippen LogP contribution >= 0.6 is 0 Å². The number of carbonyl (C=O) groups excluding carboxylic acids is 1. The van der Waals surface area contributed by atoms with Crippen molar-refractivity contribution in [2.75, 3.05) is 5.32 Å². The zero-order valence-electron chi connectivity index (χ0n) is 11.5. The smallest absolute Gasteiger partial charge is 0.335 e. The predicted molar refractivity (Wildman–Crippen MR) is 74.5 cm³/mol. The minimum absolute atomic E-state index is 0.145. The monoisotopic (exact) mass is 264 g/mol. The highest BCUT2D eigenvalue weighted by Gasteiger charge is 2.21. The Morgan fingerprint density at radius 1 is 1.26 bits per heavy atom. The van der Waals surface area contributed by atoms with Crippen molar-refractivity contribution in [1.29, 1.82) is 0 Å². The second kappa shape index (κ2) is 6.22. The van der Waals surface area contributed by atoms with E-state index in [0.29, 0.717) is 5.69 Å². The fourth-order valence-corrected chi connectivity index (χ4v) is 1.59. The predicted octanol–water partition coefficient (Wildman–Crippen LogP) is 3.09. The summed E-state index contributed by atoms with van der Waals surface area (Å²) in [5.41, 5.74) is 0.354. The van der Waals surface area contributed by atoms with E-state index in [9.17, 15) is 9.59 Å². The van der Waals surface area contributed by atoms with E-state index in [1.54, 1.807) is 12.1 Å². The van der Waals surface area contributed by atoms with Crippen LogP contribution in [0.4, 0.5) is 10.5 Å². The first kappa shape index (κ1) is 15.0. The first-order chi connectivity index (χ1) is 8.90. The molecule has 1 aromatic carbocycles. The van der Waals surface area contributed by atoms with Gasteiger partial charge in [0.05, 0.1) is 5.56 Å². The number of anilines is 1. The quantitative estimate of drug-likeness (QED) is 0.764. The molecule has 0 heterocycles. The van der Waals surface area contributed by atoms with Crippen molar-refractivity contribution in [1.82, 2.24) is 5.32 Å². The minimum Gasteiger partial charge on any atom is -0.478 e. The Labute approximate surface area is 113 Å². The Hall–Kier alpha value is -2.04. The summed E-state index contributed by atoms with van der Waals surface area (Å²) in [6, 6.07) is 5.83. The number of rotatable bonds is 5. The Bertz CT molecular complexity index is 468. The molecule has 104 valence electrons. The van der Waals surface area contributed by atoms with Crippen LogP contribution in [-0.4, -0.2) is 22.6 Å². The summed E-state index contributed by atoms with van der Waals surface area (Å²) in [5, 5.41) is 14.4. The molecule has 19 heavy (non-hydrogen) atoms. The number of aromatic carboxylic acids is 1. The van der Waals surface area contributed by atoms with E-state index in [1.165, 1.54) is 12.1 Å². The van der Waals surface area contributed by atoms with E-state index in [0.717, 1.165) is 12.8 Å². The summed E-state index contributed by atoms with van der Waals surface area (Å²) < 4.78 is 0. The maximum Gasteiger partial charge on any atom is 0.335 e. The maximum absolute atomic E-state index is 11.9. The molecule has 0 aliphatic carbocycles. The fraction of sp³-hybridized carbons (Fsp3) is 0.429. The molecule has 5 nitrogen and oxygen atoms in total. The number of carboxylic acid groups (broad SMARTS) is 1. The third kappa shape index (κ3) is 4.28. The normalized spacial score (nSPS) is 10.9. The standard InChI is InChI=1S/C14H20N2O3/c1-4-14(3,5-2)16-13(19)15-11-8-6-7-10(9-11)12(17)18/h6-9H,4-5H2,1-3H3,(H,17,18)(H2,15,16,19). The average molecular weight is 264 g/mol. The molecule has 0 saturated heterocycles. The van der Waals surface area contributed by atoms with Crippen LogP contribution in [0, 0.1) is 0 Å². The topological polar surface area (TPSA) is 78.4 Å². The lowest BCUT2D eigenvalue weighted by atomic mass is 9.96. The van der Waals surface area contributed by atoms with Gasteiger partial charge in [0.1, 0.15) is 0 Å². The van der Waals surface area contributed by atoms with Gasteiger partial charge in [-0.2, -0.15) is 0 Å². The third-order valence-corrected chi connectivity index (χ3v) is 3.34. The molecule has 1 aromatic rings. The SMILES string of the molecule is CCC(C)(CC)NC(=O)Nc1cccc(C(=O)O)c1. The number of carboxylic acids is 1. The van der Waals surface area contributed by atoms with Crippen molar-refractivity contribution in [2.24, 2.45) is 0 Å². The average Bonchev–Trinajstić information content (AvgIpc) is 2.38. The molecule has 0 unspecified atom stereocenters. The van der Waals surface area contributed by atoms with E-state index in [-0.39, 0.29) is 17.1 Å². The molecular weight excluding hydrogens is 244 g/mol. The van der Waals surface area contributed by atoms with Crippen LogP contribution < -0.4 is 10.6 Å². The van der Waals surface area contributed by atoms with Crippen molar-refractivity contribution in [2.45, 2.75) is 39.2 Å². The first-order valence-electron chi connectivity index (χ1n) is 6.32. The van der Waals surface area contributed by atoms with Crippen molar-refractivity contribution < 1.29 is 14.7 Å². The molecule has 2 amide bonds. The van der Waals surface area contributed by atoms with Gasteiger partial charge in [0.2, 0.25) is 0 Å². The van der Waals surface area contributed by atoms with E-state index in [4.69, 9.17) is 5.11 Å². The molecular formula is C14H20N2O3. The van der Waals surface area contributed by atoms with E-state index >= 15 is 0 Å². The Morgan fingerprint density at radius 3 is 2.42 bits per heavy atom. The first-order valence-corrected chi connectivity index (χ1v) is 6.32. The minimum atomic E-state index is -1.02. The van der Waals surface area contributed by atoms with Crippen molar-refractivity contribution in [3.8, 4) is 0 Å². The van der Waals surface area contributed by atoms with Crippen LogP contribution in [0.15, 0.2) is 24.3 Å². The fourth-order valence-electron chi connectivity index (χ4n) is 1.59. The highest BCUT2D eigenvalue weighted by Crippen LogP contribution is 2.15. The number of benzene rings is 1. The van der Waals surface area contributed by atoms with Gasteiger partial charge in [0, 0.05) is 11.2 Å². The highest BCUT2D eigenvalue weighted by atomic mass is 16.4. The number of amides is 2. The van der Waals surface area contributed by atoms with Crippen LogP contribution in [0.1, 0.15) is 44.0 Å². The zero-order valence-corrected chi connectivity index (χ0v) is 11.5. The number of carbonyl (C=O) groups is 2. The highest BCUT2D eigenvalue weighted by molar-refractivity contribution is 5.93. The third-order valence-electron chi connectivity index (χ3n) is 3.34. The van der Waals surface area contributed by atoms with Gasteiger partial charge in [-0.3, -0.25) is 0 Å². The Morgan fingerprint density at radius 2 is 1.89 bits per heavy atom. The molecule has 0 aliphatic heterocycles. The lowest BCUT2D eigenvalue weighted by molar-refractivity contribution is 0.0697. The van der Waals surface area contributed by atoms with Gasteiger partial charge in [0.15, 0.2) is 0 Å². The second-order valence-electron chi connectivity index (χ2n) is 4.73. The molecule has 0 spiro atoms. The lowest BCUT2D eigenvalue weighted by Crippen LogP contribution is -2.46. The van der Waals surface area contributed by atoms with Crippen LogP contribution in [0.2, 0.25) is 0 Å². The number of nitrogens with one attached hydrogen (secondary N) is 2. The van der Waals surface area contributed by atoms with Crippen molar-refractivity contribution in [3.05, 3.63) is 29.8 Å². The molecule has 3 N–H and O–H groups in total. The summed E-state index contributed by atoms with van der Waals surface area (Å²) in [6.07, 6.45) is 1.65. The summed E-state index contributed by atoms with van der Waals surface area (Å²) in [4.78, 5) is 22.7. The molecule has 0 aromatic heterocycles. The van der Waals surface area contributed by atoms with Gasteiger partial charge < -0.3 is 15.7 Å². The maximum atomic E-state index is 11.9. The largest absolute Gasteiger partial charge is 0.478 e. The van der Waals surface area contributed by atoms with E-state index < -0.39 is 5.97 Å². The van der Waals surface area contributed by atoms with Gasteiger partial charge in [-0.1, -0.05) is 19.9 Å². The van der Waals surface area contributed by atoms with Crippen LogP contribution in [-0.2, 0) is 0 Å². The van der Waals surface area contributed by atoms with Crippen molar-refractivity contribution in [3.63, 3.8) is 0 Å². The number of urea groups is 1. The van der Waals surface area contributed by atoms with Gasteiger partial charge in [-0.05, 0) is 38.0 Å². The Balaban J connectivity index is 2.72. The van der Waals surface area contributed by atoms with Crippen LogP contribution in [0.5, 0.6) is 0 Å². The molecule has 0 bridgehead atoms. The molecule has 1 rings (SSSR count). The van der Waals surface area contributed by atoms with Crippen molar-refractivity contribution >= 4 is 17.7 Å². The van der Waals surface area contributed by atoms with E-state index in [2.05, 4.69) is 10.6 Å².